The molecule has 1 amide bonds. The van der Waals surface area contributed by atoms with Crippen LogP contribution in [0.4, 0.5) is 0 Å². The molecule has 7 heteroatoms. The van der Waals surface area contributed by atoms with Gasteiger partial charge in [0.1, 0.15) is 0 Å². The maximum atomic E-state index is 13.0. The highest BCUT2D eigenvalue weighted by Crippen LogP contribution is 2.19. The number of H-pyrrole nitrogens is 1. The van der Waals surface area contributed by atoms with Crippen LogP contribution in [0.15, 0.2) is 30.6 Å². The van der Waals surface area contributed by atoms with E-state index in [4.69, 9.17) is 4.74 Å². The van der Waals surface area contributed by atoms with Gasteiger partial charge in [0.2, 0.25) is 0 Å². The third kappa shape index (κ3) is 3.88. The SMILES string of the molecule is Cc1ccccc1CN(C[C@H]1CCCO1)C(=O)c1nc[nH]c1C(=O)O. The minimum Gasteiger partial charge on any atom is -0.477 e. The topological polar surface area (TPSA) is 95.5 Å². The summed E-state index contributed by atoms with van der Waals surface area (Å²) >= 11 is 0. The molecule has 1 aromatic carbocycles. The number of rotatable bonds is 6. The number of nitrogens with one attached hydrogen (secondary N) is 1. The van der Waals surface area contributed by atoms with Crippen molar-refractivity contribution in [1.82, 2.24) is 14.9 Å². The smallest absolute Gasteiger partial charge is 0.354 e. The van der Waals surface area contributed by atoms with Crippen LogP contribution >= 0.6 is 0 Å². The van der Waals surface area contributed by atoms with Crippen LogP contribution in [0.1, 0.15) is 44.9 Å². The Balaban J connectivity index is 1.87. The summed E-state index contributed by atoms with van der Waals surface area (Å²) in [6.07, 6.45) is 3.07. The Morgan fingerprint density at radius 3 is 2.88 bits per heavy atom. The lowest BCUT2D eigenvalue weighted by Crippen LogP contribution is -2.38. The molecule has 3 rings (SSSR count). The fourth-order valence-corrected chi connectivity index (χ4v) is 3.02. The number of hydrogen-bond donors (Lipinski definition) is 2. The van der Waals surface area contributed by atoms with E-state index in [0.717, 1.165) is 24.0 Å². The lowest BCUT2D eigenvalue weighted by molar-refractivity contribution is 0.0497. The summed E-state index contributed by atoms with van der Waals surface area (Å²) in [5.41, 5.74) is 1.83. The molecule has 2 heterocycles. The third-order valence-electron chi connectivity index (χ3n) is 4.41. The highest BCUT2D eigenvalue weighted by atomic mass is 16.5. The van der Waals surface area contributed by atoms with Gasteiger partial charge in [-0.05, 0) is 30.9 Å². The first-order valence-electron chi connectivity index (χ1n) is 8.28. The van der Waals surface area contributed by atoms with Gasteiger partial charge in [0.15, 0.2) is 11.4 Å². The molecular formula is C18H21N3O4. The number of aromatic carboxylic acids is 1. The second-order valence-corrected chi connectivity index (χ2v) is 6.18. The fourth-order valence-electron chi connectivity index (χ4n) is 3.02. The first-order chi connectivity index (χ1) is 12.1. The molecule has 1 aromatic heterocycles. The van der Waals surface area contributed by atoms with Crippen molar-refractivity contribution in [2.75, 3.05) is 13.2 Å². The average Bonchev–Trinajstić information content (AvgIpc) is 3.26. The molecule has 0 radical (unpaired) electrons. The van der Waals surface area contributed by atoms with Gasteiger partial charge in [-0.1, -0.05) is 24.3 Å². The highest BCUT2D eigenvalue weighted by molar-refractivity contribution is 6.02. The Labute approximate surface area is 145 Å². The predicted octanol–water partition coefficient (Wildman–Crippen LogP) is 2.24. The van der Waals surface area contributed by atoms with Gasteiger partial charge >= 0.3 is 5.97 Å². The number of hydrogen-bond acceptors (Lipinski definition) is 4. The predicted molar refractivity (Wildman–Crippen MR) is 90.4 cm³/mol. The lowest BCUT2D eigenvalue weighted by atomic mass is 10.1. The van der Waals surface area contributed by atoms with E-state index >= 15 is 0 Å². The van der Waals surface area contributed by atoms with Crippen LogP contribution in [0.25, 0.3) is 0 Å². The van der Waals surface area contributed by atoms with Crippen molar-refractivity contribution >= 4 is 11.9 Å². The molecule has 0 spiro atoms. The van der Waals surface area contributed by atoms with E-state index in [1.807, 2.05) is 31.2 Å². The summed E-state index contributed by atoms with van der Waals surface area (Å²) < 4.78 is 5.66. The average molecular weight is 343 g/mol. The van der Waals surface area contributed by atoms with Gasteiger partial charge in [0.05, 0.1) is 12.4 Å². The molecule has 132 valence electrons. The Kier molecular flexibility index (Phi) is 5.14. The summed E-state index contributed by atoms with van der Waals surface area (Å²) in [5.74, 6) is -1.61. The van der Waals surface area contributed by atoms with Gasteiger partial charge in [-0.15, -0.1) is 0 Å². The third-order valence-corrected chi connectivity index (χ3v) is 4.41. The van der Waals surface area contributed by atoms with E-state index in [1.54, 1.807) is 4.90 Å². The van der Waals surface area contributed by atoms with Gasteiger partial charge in [-0.3, -0.25) is 4.79 Å². The summed E-state index contributed by atoms with van der Waals surface area (Å²) in [6, 6.07) is 7.82. The molecule has 1 aliphatic rings. The number of carbonyl (C=O) groups is 2. The first-order valence-corrected chi connectivity index (χ1v) is 8.28. The van der Waals surface area contributed by atoms with Gasteiger partial charge in [-0.2, -0.15) is 0 Å². The zero-order chi connectivity index (χ0) is 17.8. The van der Waals surface area contributed by atoms with Crippen molar-refractivity contribution in [3.8, 4) is 0 Å². The molecule has 1 fully saturated rings. The van der Waals surface area contributed by atoms with Crippen molar-refractivity contribution < 1.29 is 19.4 Å². The van der Waals surface area contributed by atoms with Crippen LogP contribution in [-0.4, -0.2) is 51.1 Å². The van der Waals surface area contributed by atoms with Crippen molar-refractivity contribution in [1.29, 1.82) is 0 Å². The standard InChI is InChI=1S/C18H21N3O4/c1-12-5-2-3-6-13(12)9-21(10-14-7-4-8-25-14)17(22)15-16(18(23)24)20-11-19-15/h2-3,5-6,11,14H,4,7-10H2,1H3,(H,19,20)(H,23,24)/t14-/m1/s1. The van der Waals surface area contributed by atoms with Gasteiger partial charge < -0.3 is 19.7 Å². The van der Waals surface area contributed by atoms with Crippen LogP contribution < -0.4 is 0 Å². The number of aromatic amines is 1. The number of carbonyl (C=O) groups excluding carboxylic acids is 1. The molecule has 0 unspecified atom stereocenters. The van der Waals surface area contributed by atoms with E-state index in [2.05, 4.69) is 9.97 Å². The zero-order valence-electron chi connectivity index (χ0n) is 14.1. The number of amides is 1. The molecule has 2 N–H and O–H groups in total. The van der Waals surface area contributed by atoms with Gasteiger partial charge in [0.25, 0.3) is 5.91 Å². The molecule has 25 heavy (non-hydrogen) atoms. The fraction of sp³-hybridized carbons (Fsp3) is 0.389. The number of aromatic nitrogens is 2. The van der Waals surface area contributed by atoms with E-state index in [1.165, 1.54) is 6.33 Å². The summed E-state index contributed by atoms with van der Waals surface area (Å²) in [4.78, 5) is 32.3. The van der Waals surface area contributed by atoms with E-state index < -0.39 is 11.9 Å². The number of carboxylic acid groups (broad SMARTS) is 1. The summed E-state index contributed by atoms with van der Waals surface area (Å²) in [6.45, 7) is 3.48. The van der Waals surface area contributed by atoms with E-state index in [9.17, 15) is 14.7 Å². The van der Waals surface area contributed by atoms with Crippen molar-refractivity contribution in [3.05, 3.63) is 53.1 Å². The second kappa shape index (κ2) is 7.48. The number of ether oxygens (including phenoxy) is 1. The molecule has 7 nitrogen and oxygen atoms in total. The maximum absolute atomic E-state index is 13.0. The van der Waals surface area contributed by atoms with Crippen molar-refractivity contribution in [2.24, 2.45) is 0 Å². The first kappa shape index (κ1) is 17.2. The molecule has 0 bridgehead atoms. The van der Waals surface area contributed by atoms with Gasteiger partial charge in [0, 0.05) is 19.7 Å². The van der Waals surface area contributed by atoms with E-state index in [0.29, 0.717) is 19.7 Å². The largest absolute Gasteiger partial charge is 0.477 e. The van der Waals surface area contributed by atoms with Crippen LogP contribution in [-0.2, 0) is 11.3 Å². The Bertz CT molecular complexity index is 765. The van der Waals surface area contributed by atoms with Crippen LogP contribution in [0.2, 0.25) is 0 Å². The van der Waals surface area contributed by atoms with Crippen LogP contribution in [0.5, 0.6) is 0 Å². The Morgan fingerprint density at radius 2 is 2.20 bits per heavy atom. The molecule has 0 aliphatic carbocycles. The van der Waals surface area contributed by atoms with Gasteiger partial charge in [-0.25, -0.2) is 9.78 Å². The number of imidazole rings is 1. The van der Waals surface area contributed by atoms with E-state index in [-0.39, 0.29) is 17.5 Å². The normalized spacial score (nSPS) is 16.8. The summed E-state index contributed by atoms with van der Waals surface area (Å²) in [5, 5.41) is 9.24. The molecule has 1 atom stereocenters. The number of nitrogens with zero attached hydrogens (tertiary/aromatic N) is 2. The number of aryl methyl sites for hydroxylation is 1. The Hall–Kier alpha value is -2.67. The number of carboxylic acids is 1. The lowest BCUT2D eigenvalue weighted by Gasteiger charge is -2.26. The van der Waals surface area contributed by atoms with Crippen LogP contribution in [0.3, 0.4) is 0 Å². The molecule has 1 saturated heterocycles. The number of benzene rings is 1. The highest BCUT2D eigenvalue weighted by Gasteiger charge is 2.28. The Morgan fingerprint density at radius 1 is 1.40 bits per heavy atom. The molecular weight excluding hydrogens is 322 g/mol. The molecule has 1 aliphatic heterocycles. The van der Waals surface area contributed by atoms with Crippen LogP contribution in [0, 0.1) is 6.92 Å². The zero-order valence-corrected chi connectivity index (χ0v) is 14.1. The summed E-state index contributed by atoms with van der Waals surface area (Å²) in [7, 11) is 0. The minimum atomic E-state index is -1.20. The second-order valence-electron chi connectivity index (χ2n) is 6.18. The maximum Gasteiger partial charge on any atom is 0.354 e. The van der Waals surface area contributed by atoms with Crippen molar-refractivity contribution in [2.45, 2.75) is 32.4 Å². The minimum absolute atomic E-state index is 0.0276. The quantitative estimate of drug-likeness (QED) is 0.838. The van der Waals surface area contributed by atoms with Crippen molar-refractivity contribution in [3.63, 3.8) is 0 Å². The molecule has 0 saturated carbocycles. The molecule has 2 aromatic rings. The monoisotopic (exact) mass is 343 g/mol.